The lowest BCUT2D eigenvalue weighted by Gasteiger charge is -2.31. The van der Waals surface area contributed by atoms with Crippen LogP contribution in [0.5, 0.6) is 0 Å². The first-order chi connectivity index (χ1) is 12.6. The average molecular weight is 356 g/mol. The molecule has 4 heterocycles. The molecule has 1 fully saturated rings. The Morgan fingerprint density at radius 1 is 1.35 bits per heavy atom. The van der Waals surface area contributed by atoms with E-state index in [1.54, 1.807) is 23.5 Å². The molecule has 0 saturated carbocycles. The van der Waals surface area contributed by atoms with Gasteiger partial charge in [0, 0.05) is 32.2 Å². The number of carboxylic acids is 1. The molecule has 0 unspecified atom stereocenters. The average Bonchev–Trinajstić information content (AvgIpc) is 3.20. The second-order valence-corrected chi connectivity index (χ2v) is 6.65. The van der Waals surface area contributed by atoms with Crippen LogP contribution in [0.15, 0.2) is 24.8 Å². The summed E-state index contributed by atoms with van der Waals surface area (Å²) in [7, 11) is 0. The Morgan fingerprint density at radius 2 is 2.12 bits per heavy atom. The largest absolute Gasteiger partial charge is 0.478 e. The number of hydrogen-bond acceptors (Lipinski definition) is 5. The second kappa shape index (κ2) is 6.21. The first kappa shape index (κ1) is 16.7. The number of amides is 1. The molecule has 0 aliphatic carbocycles. The first-order valence-corrected chi connectivity index (χ1v) is 8.69. The number of carbonyl (C=O) groups is 2. The fourth-order valence-electron chi connectivity index (χ4n) is 3.87. The van der Waals surface area contributed by atoms with E-state index in [0.29, 0.717) is 44.0 Å². The van der Waals surface area contributed by atoms with Gasteiger partial charge < -0.3 is 19.3 Å². The number of carboxylic acid groups (broad SMARTS) is 1. The Morgan fingerprint density at radius 3 is 2.81 bits per heavy atom. The summed E-state index contributed by atoms with van der Waals surface area (Å²) in [6.07, 6.45) is 5.92. The molecule has 2 aliphatic heterocycles. The Bertz CT molecular complexity index is 870. The van der Waals surface area contributed by atoms with E-state index in [1.807, 2.05) is 11.5 Å². The van der Waals surface area contributed by atoms with Crippen LogP contribution in [0.4, 0.5) is 5.69 Å². The smallest absolute Gasteiger partial charge is 0.337 e. The number of pyridine rings is 1. The maximum atomic E-state index is 13.4. The summed E-state index contributed by atoms with van der Waals surface area (Å²) in [5.74, 6) is -1.09. The third-order valence-corrected chi connectivity index (χ3v) is 5.32. The van der Waals surface area contributed by atoms with Crippen LogP contribution in [0.3, 0.4) is 0 Å². The highest BCUT2D eigenvalue weighted by Gasteiger charge is 2.53. The number of imidazole rings is 1. The van der Waals surface area contributed by atoms with Gasteiger partial charge in [0.25, 0.3) is 0 Å². The van der Waals surface area contributed by atoms with E-state index in [9.17, 15) is 14.7 Å². The fraction of sp³-hybridized carbons (Fsp3) is 0.444. The van der Waals surface area contributed by atoms with Crippen LogP contribution in [0.25, 0.3) is 0 Å². The van der Waals surface area contributed by atoms with Crippen molar-refractivity contribution in [3.05, 3.63) is 41.7 Å². The maximum absolute atomic E-state index is 13.4. The summed E-state index contributed by atoms with van der Waals surface area (Å²) < 4.78 is 7.42. The van der Waals surface area contributed by atoms with Crippen LogP contribution in [0.1, 0.15) is 41.5 Å². The van der Waals surface area contributed by atoms with Crippen molar-refractivity contribution < 1.29 is 19.4 Å². The molecule has 1 N–H and O–H groups in total. The molecule has 2 aromatic heterocycles. The summed E-state index contributed by atoms with van der Waals surface area (Å²) in [5.41, 5.74) is 1.51. The van der Waals surface area contributed by atoms with Gasteiger partial charge in [0.2, 0.25) is 5.91 Å². The molecule has 0 aromatic carbocycles. The van der Waals surface area contributed by atoms with Crippen molar-refractivity contribution in [1.29, 1.82) is 0 Å². The number of fused-ring (bicyclic) bond motifs is 2. The van der Waals surface area contributed by atoms with Crippen molar-refractivity contribution in [3.8, 4) is 0 Å². The zero-order chi connectivity index (χ0) is 18.3. The number of aryl methyl sites for hydroxylation is 1. The number of anilines is 1. The van der Waals surface area contributed by atoms with E-state index in [2.05, 4.69) is 9.97 Å². The van der Waals surface area contributed by atoms with Crippen LogP contribution in [-0.2, 0) is 28.0 Å². The minimum atomic E-state index is -1.06. The Kier molecular flexibility index (Phi) is 3.99. The van der Waals surface area contributed by atoms with Gasteiger partial charge in [-0.15, -0.1) is 0 Å². The third kappa shape index (κ3) is 2.40. The number of aromatic carboxylic acids is 1. The first-order valence-electron chi connectivity index (χ1n) is 8.69. The molecular formula is C18H20N4O4. The molecule has 0 atom stereocenters. The molecule has 1 spiro atoms. The minimum Gasteiger partial charge on any atom is -0.478 e. The monoisotopic (exact) mass is 356 g/mol. The highest BCUT2D eigenvalue weighted by atomic mass is 16.5. The second-order valence-electron chi connectivity index (χ2n) is 6.65. The van der Waals surface area contributed by atoms with Crippen LogP contribution >= 0.6 is 0 Å². The van der Waals surface area contributed by atoms with Gasteiger partial charge in [-0.05, 0) is 25.8 Å². The molecule has 0 bridgehead atoms. The van der Waals surface area contributed by atoms with Crippen LogP contribution in [0, 0.1) is 0 Å². The lowest BCUT2D eigenvalue weighted by molar-refractivity contribution is -0.126. The van der Waals surface area contributed by atoms with E-state index in [1.165, 1.54) is 6.20 Å². The van der Waals surface area contributed by atoms with Crippen molar-refractivity contribution in [2.45, 2.75) is 38.3 Å². The van der Waals surface area contributed by atoms with Crippen LogP contribution < -0.4 is 4.90 Å². The molecule has 136 valence electrons. The van der Waals surface area contributed by atoms with Crippen molar-refractivity contribution in [3.63, 3.8) is 0 Å². The summed E-state index contributed by atoms with van der Waals surface area (Å²) >= 11 is 0. The van der Waals surface area contributed by atoms with Crippen LogP contribution in [-0.4, -0.2) is 44.7 Å². The predicted molar refractivity (Wildman–Crippen MR) is 92.0 cm³/mol. The summed E-state index contributed by atoms with van der Waals surface area (Å²) in [5, 5.41) is 9.33. The van der Waals surface area contributed by atoms with Crippen molar-refractivity contribution in [2.24, 2.45) is 0 Å². The normalized spacial score (nSPS) is 18.3. The topological polar surface area (TPSA) is 97.5 Å². The number of aromatic nitrogens is 3. The zero-order valence-electron chi connectivity index (χ0n) is 14.5. The SMILES string of the molecule is CCn1cncc1CN1C(=O)C2(CCOCC2)c2ncc(C(=O)O)cc21. The fourth-order valence-corrected chi connectivity index (χ4v) is 3.87. The van der Waals surface area contributed by atoms with Gasteiger partial charge in [0.1, 0.15) is 0 Å². The molecular weight excluding hydrogens is 336 g/mol. The quantitative estimate of drug-likeness (QED) is 0.893. The highest BCUT2D eigenvalue weighted by Crippen LogP contribution is 2.47. The molecule has 4 rings (SSSR count). The Labute approximate surface area is 150 Å². The molecule has 2 aliphatic rings. The zero-order valence-corrected chi connectivity index (χ0v) is 14.5. The van der Waals surface area contributed by atoms with E-state index in [-0.39, 0.29) is 11.5 Å². The van der Waals surface area contributed by atoms with Gasteiger partial charge in [-0.2, -0.15) is 0 Å². The number of nitrogens with zero attached hydrogens (tertiary/aromatic N) is 4. The number of rotatable bonds is 4. The Balaban J connectivity index is 1.81. The third-order valence-electron chi connectivity index (χ3n) is 5.32. The van der Waals surface area contributed by atoms with Gasteiger partial charge in [-0.25, -0.2) is 9.78 Å². The number of ether oxygens (including phenoxy) is 1. The summed E-state index contributed by atoms with van der Waals surface area (Å²) in [6, 6.07) is 1.55. The highest BCUT2D eigenvalue weighted by molar-refractivity contribution is 6.08. The molecule has 8 nitrogen and oxygen atoms in total. The van der Waals surface area contributed by atoms with Crippen molar-refractivity contribution in [2.75, 3.05) is 18.1 Å². The van der Waals surface area contributed by atoms with Gasteiger partial charge >= 0.3 is 5.97 Å². The minimum absolute atomic E-state index is 0.0327. The van der Waals surface area contributed by atoms with Gasteiger partial charge in [-0.3, -0.25) is 9.78 Å². The standard InChI is InChI=1S/C18H20N4O4/c1-2-21-11-19-9-13(21)10-22-14-7-12(16(23)24)8-20-15(14)18(17(22)25)3-5-26-6-4-18/h7-9,11H,2-6,10H2,1H3,(H,23,24). The van der Waals surface area contributed by atoms with E-state index in [4.69, 9.17) is 4.74 Å². The van der Waals surface area contributed by atoms with Crippen LogP contribution in [0.2, 0.25) is 0 Å². The molecule has 8 heteroatoms. The van der Waals surface area contributed by atoms with Crippen molar-refractivity contribution >= 4 is 17.6 Å². The number of hydrogen-bond donors (Lipinski definition) is 1. The Hall–Kier alpha value is -2.74. The van der Waals surface area contributed by atoms with Gasteiger partial charge in [0.05, 0.1) is 40.9 Å². The lowest BCUT2D eigenvalue weighted by atomic mass is 9.78. The van der Waals surface area contributed by atoms with E-state index >= 15 is 0 Å². The molecule has 2 aromatic rings. The lowest BCUT2D eigenvalue weighted by Crippen LogP contribution is -2.44. The van der Waals surface area contributed by atoms with E-state index in [0.717, 1.165) is 12.2 Å². The van der Waals surface area contributed by atoms with Crippen molar-refractivity contribution in [1.82, 2.24) is 14.5 Å². The maximum Gasteiger partial charge on any atom is 0.337 e. The molecule has 26 heavy (non-hydrogen) atoms. The van der Waals surface area contributed by atoms with Gasteiger partial charge in [0.15, 0.2) is 0 Å². The van der Waals surface area contributed by atoms with E-state index < -0.39 is 11.4 Å². The molecule has 0 radical (unpaired) electrons. The molecule has 1 amide bonds. The molecule has 1 saturated heterocycles. The van der Waals surface area contributed by atoms with Gasteiger partial charge in [-0.1, -0.05) is 0 Å². The number of carbonyl (C=O) groups excluding carboxylic acids is 1. The summed E-state index contributed by atoms with van der Waals surface area (Å²) in [6.45, 7) is 4.08. The summed E-state index contributed by atoms with van der Waals surface area (Å²) in [4.78, 5) is 35.0. The predicted octanol–water partition coefficient (Wildman–Crippen LogP) is 1.59.